The summed E-state index contributed by atoms with van der Waals surface area (Å²) in [6.45, 7) is -0.332. The Hall–Kier alpha value is -4.35. The zero-order valence-corrected chi connectivity index (χ0v) is 19.1. The quantitative estimate of drug-likeness (QED) is 0.384. The van der Waals surface area contributed by atoms with Crippen LogP contribution in [0.3, 0.4) is 0 Å². The van der Waals surface area contributed by atoms with E-state index in [9.17, 15) is 19.2 Å². The van der Waals surface area contributed by atoms with Crippen molar-refractivity contribution in [2.45, 2.75) is 24.5 Å². The van der Waals surface area contributed by atoms with Gasteiger partial charge in [-0.3, -0.25) is 0 Å². The Morgan fingerprint density at radius 3 is 2.22 bits per heavy atom. The molecule has 2 aromatic rings. The van der Waals surface area contributed by atoms with E-state index in [2.05, 4.69) is 4.99 Å². The lowest BCUT2D eigenvalue weighted by atomic mass is 10.0. The lowest BCUT2D eigenvalue weighted by Crippen LogP contribution is -2.59. The van der Waals surface area contributed by atoms with Crippen LogP contribution >= 0.6 is 0 Å². The standard InChI is InChI=1S/C25H21N3O8/c1-28(12-11-18(26)27-25(28)32)21-20-19(17(34-21)13-33-22(29)14-7-3-2-4-8-14)35-23(30)15-9-5-6-10-16(15)24(31)36-20/h2-12,17,19-21H,13H2,1H3,(H-,26,27,32)/p+1/t17-,19-,20-,21-,28?/m1/s1. The normalized spacial score (nSPS) is 29.1. The molecule has 0 aliphatic carbocycles. The van der Waals surface area contributed by atoms with E-state index in [1.54, 1.807) is 42.5 Å². The first kappa shape index (κ1) is 23.4. The van der Waals surface area contributed by atoms with Gasteiger partial charge in [-0.1, -0.05) is 30.3 Å². The molecule has 11 nitrogen and oxygen atoms in total. The number of carbonyl (C=O) groups excluding carboxylic acids is 4. The zero-order chi connectivity index (χ0) is 25.4. The molecule has 36 heavy (non-hydrogen) atoms. The maximum absolute atomic E-state index is 13.0. The molecular formula is C25H22N3O8+. The van der Waals surface area contributed by atoms with Crippen molar-refractivity contribution < 1.29 is 42.6 Å². The van der Waals surface area contributed by atoms with E-state index < -0.39 is 53.0 Å². The summed E-state index contributed by atoms with van der Waals surface area (Å²) in [5.74, 6) is -2.17. The molecule has 3 aliphatic heterocycles. The molecule has 1 saturated heterocycles. The molecule has 11 heteroatoms. The van der Waals surface area contributed by atoms with E-state index in [-0.39, 0.29) is 23.6 Å². The smallest absolute Gasteiger partial charge is 0.451 e. The fourth-order valence-electron chi connectivity index (χ4n) is 4.31. The number of hydrogen-bond acceptors (Lipinski definition) is 9. The van der Waals surface area contributed by atoms with Gasteiger partial charge in [-0.2, -0.15) is 4.48 Å². The number of carbonyl (C=O) groups is 4. The van der Waals surface area contributed by atoms with Gasteiger partial charge in [0.15, 0.2) is 6.10 Å². The third-order valence-corrected chi connectivity index (χ3v) is 6.25. The second-order valence-corrected chi connectivity index (χ2v) is 8.60. The van der Waals surface area contributed by atoms with Gasteiger partial charge in [0.2, 0.25) is 12.3 Å². The lowest BCUT2D eigenvalue weighted by Gasteiger charge is -2.35. The maximum atomic E-state index is 13.0. The molecule has 3 heterocycles. The molecule has 0 saturated carbocycles. The van der Waals surface area contributed by atoms with E-state index in [0.717, 1.165) is 0 Å². The summed E-state index contributed by atoms with van der Waals surface area (Å²) in [4.78, 5) is 55.3. The van der Waals surface area contributed by atoms with Crippen LogP contribution in [0.2, 0.25) is 0 Å². The van der Waals surface area contributed by atoms with Gasteiger partial charge in [0.25, 0.3) is 0 Å². The molecule has 2 amide bonds. The minimum atomic E-state index is -1.22. The van der Waals surface area contributed by atoms with Crippen LogP contribution in [0.1, 0.15) is 31.1 Å². The largest absolute Gasteiger partial charge is 0.459 e. The number of ether oxygens (including phenoxy) is 4. The molecule has 2 N–H and O–H groups in total. The second kappa shape index (κ2) is 9.02. The summed E-state index contributed by atoms with van der Waals surface area (Å²) >= 11 is 0. The van der Waals surface area contributed by atoms with Crippen molar-refractivity contribution in [3.8, 4) is 0 Å². The van der Waals surface area contributed by atoms with Crippen LogP contribution < -0.4 is 5.73 Å². The van der Waals surface area contributed by atoms with Crippen molar-refractivity contribution in [3.05, 3.63) is 83.6 Å². The number of nitrogens with zero attached hydrogens (tertiary/aromatic N) is 2. The molecule has 1 unspecified atom stereocenters. The summed E-state index contributed by atoms with van der Waals surface area (Å²) in [6, 6.07) is 13.7. The van der Waals surface area contributed by atoms with Gasteiger partial charge in [0.05, 0.1) is 23.7 Å². The molecule has 2 aromatic carbocycles. The Kier molecular flexibility index (Phi) is 5.86. The van der Waals surface area contributed by atoms with Crippen molar-refractivity contribution in [3.63, 3.8) is 0 Å². The predicted molar refractivity (Wildman–Crippen MR) is 123 cm³/mol. The maximum Gasteiger partial charge on any atom is 0.451 e. The van der Waals surface area contributed by atoms with Crippen LogP contribution in [-0.4, -0.2) is 72.5 Å². The number of urea groups is 1. The molecular weight excluding hydrogens is 470 g/mol. The van der Waals surface area contributed by atoms with Crippen LogP contribution in [0.5, 0.6) is 0 Å². The van der Waals surface area contributed by atoms with Gasteiger partial charge in [0.1, 0.15) is 24.7 Å². The predicted octanol–water partition coefficient (Wildman–Crippen LogP) is 1.78. The third kappa shape index (κ3) is 4.04. The first-order valence-corrected chi connectivity index (χ1v) is 11.1. The number of amidine groups is 1. The Labute approximate surface area is 205 Å². The van der Waals surface area contributed by atoms with Crippen molar-refractivity contribution in [1.82, 2.24) is 0 Å². The van der Waals surface area contributed by atoms with Crippen LogP contribution in [0.25, 0.3) is 0 Å². The van der Waals surface area contributed by atoms with Gasteiger partial charge in [-0.05, 0) is 24.3 Å². The van der Waals surface area contributed by atoms with E-state index in [4.69, 9.17) is 24.7 Å². The minimum Gasteiger partial charge on any atom is -0.459 e. The van der Waals surface area contributed by atoms with E-state index in [1.165, 1.54) is 31.5 Å². The number of fused-ring (bicyclic) bond motifs is 2. The Morgan fingerprint density at radius 2 is 1.58 bits per heavy atom. The summed E-state index contributed by atoms with van der Waals surface area (Å²) in [7, 11) is 1.50. The SMILES string of the molecule is C[N+]1([C@@H]2O[C@H](COC(=O)c3ccccc3)[C@H]3OC(=O)c4ccccc4C(=O)O[C@H]32)C=CC(N)=NC1=O. The number of hydrogen-bond donors (Lipinski definition) is 1. The summed E-state index contributed by atoms with van der Waals surface area (Å²) in [5.41, 5.74) is 6.02. The van der Waals surface area contributed by atoms with Crippen LogP contribution in [-0.2, 0) is 18.9 Å². The highest BCUT2D eigenvalue weighted by Crippen LogP contribution is 2.37. The molecule has 0 spiro atoms. The second-order valence-electron chi connectivity index (χ2n) is 8.60. The van der Waals surface area contributed by atoms with Crippen molar-refractivity contribution in [1.29, 1.82) is 0 Å². The van der Waals surface area contributed by atoms with Crippen molar-refractivity contribution in [2.24, 2.45) is 10.7 Å². The van der Waals surface area contributed by atoms with E-state index in [1.807, 2.05) is 0 Å². The zero-order valence-electron chi connectivity index (χ0n) is 19.1. The average Bonchev–Trinajstić information content (AvgIpc) is 3.21. The number of aliphatic imine (C=N–C) groups is 1. The van der Waals surface area contributed by atoms with Crippen LogP contribution in [0, 0.1) is 0 Å². The van der Waals surface area contributed by atoms with E-state index in [0.29, 0.717) is 5.56 Å². The first-order valence-electron chi connectivity index (χ1n) is 11.1. The number of esters is 3. The molecule has 5 rings (SSSR count). The van der Waals surface area contributed by atoms with Gasteiger partial charge in [-0.25, -0.2) is 19.2 Å². The van der Waals surface area contributed by atoms with Crippen LogP contribution in [0.15, 0.2) is 71.9 Å². The van der Waals surface area contributed by atoms with Crippen molar-refractivity contribution in [2.75, 3.05) is 13.7 Å². The molecule has 0 radical (unpaired) electrons. The van der Waals surface area contributed by atoms with Crippen molar-refractivity contribution >= 4 is 29.8 Å². The average molecular weight is 492 g/mol. The number of nitrogens with two attached hydrogens (primary N) is 1. The highest BCUT2D eigenvalue weighted by atomic mass is 16.7. The lowest BCUT2D eigenvalue weighted by molar-refractivity contribution is -0.834. The molecule has 3 aliphatic rings. The Bertz CT molecular complexity index is 1310. The topological polar surface area (TPSA) is 144 Å². The summed E-state index contributed by atoms with van der Waals surface area (Å²) in [5, 5.41) is 0. The van der Waals surface area contributed by atoms with Gasteiger partial charge in [0, 0.05) is 6.08 Å². The highest BCUT2D eigenvalue weighted by molar-refractivity contribution is 6.03. The van der Waals surface area contributed by atoms with Crippen LogP contribution in [0.4, 0.5) is 4.79 Å². The van der Waals surface area contributed by atoms with Gasteiger partial charge >= 0.3 is 23.9 Å². The Balaban J connectivity index is 1.48. The summed E-state index contributed by atoms with van der Waals surface area (Å²) < 4.78 is 22.4. The monoisotopic (exact) mass is 492 g/mol. The highest BCUT2D eigenvalue weighted by Gasteiger charge is 2.61. The fourth-order valence-corrected chi connectivity index (χ4v) is 4.31. The molecule has 1 fully saturated rings. The first-order chi connectivity index (χ1) is 17.3. The summed E-state index contributed by atoms with van der Waals surface area (Å²) in [6.07, 6.45) is -1.74. The number of likely N-dealkylation sites (N-methyl/N-ethyl adjacent to an activating group) is 1. The number of rotatable bonds is 4. The third-order valence-electron chi connectivity index (χ3n) is 6.25. The molecule has 0 aromatic heterocycles. The van der Waals surface area contributed by atoms with Gasteiger partial charge in [-0.15, -0.1) is 4.99 Å². The van der Waals surface area contributed by atoms with Gasteiger partial charge < -0.3 is 24.7 Å². The molecule has 5 atom stereocenters. The number of quaternary nitrogens is 1. The number of benzene rings is 2. The number of amides is 2. The van der Waals surface area contributed by atoms with E-state index >= 15 is 0 Å². The molecule has 184 valence electrons. The Morgan fingerprint density at radius 1 is 0.972 bits per heavy atom. The molecule has 0 bridgehead atoms. The minimum absolute atomic E-state index is 0.00787. The fraction of sp³-hybridized carbons (Fsp3) is 0.240.